The number of pyridine rings is 1. The van der Waals surface area contributed by atoms with Gasteiger partial charge in [0.2, 0.25) is 0 Å². The predicted molar refractivity (Wildman–Crippen MR) is 63.7 cm³/mol. The van der Waals surface area contributed by atoms with Gasteiger partial charge in [0.05, 0.1) is 0 Å². The SMILES string of the molecule is CN(C)c1ncc(Br)c2c(F)cc(F)cc12. The van der Waals surface area contributed by atoms with Crippen molar-refractivity contribution in [1.82, 2.24) is 4.98 Å². The van der Waals surface area contributed by atoms with Crippen LogP contribution in [0.15, 0.2) is 22.8 Å². The van der Waals surface area contributed by atoms with Gasteiger partial charge in [-0.3, -0.25) is 0 Å². The van der Waals surface area contributed by atoms with Crippen molar-refractivity contribution in [1.29, 1.82) is 0 Å². The van der Waals surface area contributed by atoms with Crippen LogP contribution >= 0.6 is 15.9 Å². The summed E-state index contributed by atoms with van der Waals surface area (Å²) in [6, 6.07) is 2.15. The van der Waals surface area contributed by atoms with Gasteiger partial charge in [-0.1, -0.05) is 0 Å². The number of hydrogen-bond donors (Lipinski definition) is 0. The summed E-state index contributed by atoms with van der Waals surface area (Å²) >= 11 is 3.21. The van der Waals surface area contributed by atoms with E-state index in [-0.39, 0.29) is 0 Å². The molecular formula is C11H9BrF2N2. The molecule has 0 spiro atoms. The Morgan fingerprint density at radius 1 is 1.25 bits per heavy atom. The second-order valence-electron chi connectivity index (χ2n) is 3.63. The average Bonchev–Trinajstić information content (AvgIpc) is 2.15. The molecule has 0 N–H and O–H groups in total. The molecule has 2 aromatic rings. The van der Waals surface area contributed by atoms with Crippen molar-refractivity contribution in [2.45, 2.75) is 0 Å². The molecule has 0 bridgehead atoms. The van der Waals surface area contributed by atoms with Crippen LogP contribution in [0.5, 0.6) is 0 Å². The number of rotatable bonds is 1. The number of fused-ring (bicyclic) bond motifs is 1. The zero-order valence-electron chi connectivity index (χ0n) is 8.76. The number of nitrogens with zero attached hydrogens (tertiary/aromatic N) is 2. The Bertz CT molecular complexity index is 555. The van der Waals surface area contributed by atoms with Gasteiger partial charge in [-0.2, -0.15) is 0 Å². The molecule has 1 aromatic carbocycles. The topological polar surface area (TPSA) is 16.1 Å². The lowest BCUT2D eigenvalue weighted by atomic mass is 10.1. The van der Waals surface area contributed by atoms with Gasteiger partial charge in [-0.05, 0) is 22.0 Å². The van der Waals surface area contributed by atoms with E-state index in [1.54, 1.807) is 19.0 Å². The first-order valence-electron chi connectivity index (χ1n) is 4.61. The predicted octanol–water partition coefficient (Wildman–Crippen LogP) is 3.34. The van der Waals surface area contributed by atoms with E-state index in [4.69, 9.17) is 0 Å². The molecule has 0 atom stereocenters. The molecule has 0 aliphatic rings. The van der Waals surface area contributed by atoms with E-state index < -0.39 is 11.6 Å². The summed E-state index contributed by atoms with van der Waals surface area (Å²) in [5, 5.41) is 0.803. The maximum atomic E-state index is 13.6. The molecule has 84 valence electrons. The van der Waals surface area contributed by atoms with Crippen LogP contribution in [0, 0.1) is 11.6 Å². The van der Waals surface area contributed by atoms with Crippen LogP contribution in [0.2, 0.25) is 0 Å². The van der Waals surface area contributed by atoms with E-state index in [0.717, 1.165) is 6.07 Å². The lowest BCUT2D eigenvalue weighted by molar-refractivity contribution is 0.591. The van der Waals surface area contributed by atoms with Crippen molar-refractivity contribution in [3.8, 4) is 0 Å². The summed E-state index contributed by atoms with van der Waals surface area (Å²) in [6.45, 7) is 0. The van der Waals surface area contributed by atoms with Crippen LogP contribution in [-0.4, -0.2) is 19.1 Å². The molecule has 0 radical (unpaired) electrons. The number of hydrogen-bond acceptors (Lipinski definition) is 2. The van der Waals surface area contributed by atoms with Gasteiger partial charge >= 0.3 is 0 Å². The van der Waals surface area contributed by atoms with E-state index in [1.165, 1.54) is 12.3 Å². The van der Waals surface area contributed by atoms with Gasteiger partial charge in [0, 0.05) is 41.6 Å². The number of halogens is 3. The summed E-state index contributed by atoms with van der Waals surface area (Å²) in [5.41, 5.74) is 0. The fourth-order valence-corrected chi connectivity index (χ4v) is 2.11. The zero-order valence-corrected chi connectivity index (χ0v) is 10.3. The van der Waals surface area contributed by atoms with Crippen molar-refractivity contribution in [2.24, 2.45) is 0 Å². The molecule has 0 unspecified atom stereocenters. The lowest BCUT2D eigenvalue weighted by Gasteiger charge is -2.15. The molecule has 0 aliphatic carbocycles. The van der Waals surface area contributed by atoms with Crippen LogP contribution in [0.4, 0.5) is 14.6 Å². The van der Waals surface area contributed by atoms with Gasteiger partial charge in [0.25, 0.3) is 0 Å². The lowest BCUT2D eigenvalue weighted by Crippen LogP contribution is -2.11. The van der Waals surface area contributed by atoms with Crippen molar-refractivity contribution >= 4 is 32.5 Å². The van der Waals surface area contributed by atoms with Gasteiger partial charge in [0.1, 0.15) is 17.5 Å². The highest BCUT2D eigenvalue weighted by Crippen LogP contribution is 2.32. The Kier molecular flexibility index (Phi) is 2.80. The summed E-state index contributed by atoms with van der Waals surface area (Å²) in [6.07, 6.45) is 1.51. The van der Waals surface area contributed by atoms with Gasteiger partial charge < -0.3 is 4.90 Å². The molecule has 2 nitrogen and oxygen atoms in total. The second kappa shape index (κ2) is 3.97. The van der Waals surface area contributed by atoms with E-state index >= 15 is 0 Å². The monoisotopic (exact) mass is 286 g/mol. The van der Waals surface area contributed by atoms with Crippen molar-refractivity contribution in [3.05, 3.63) is 34.4 Å². The smallest absolute Gasteiger partial charge is 0.136 e. The largest absolute Gasteiger partial charge is 0.362 e. The average molecular weight is 287 g/mol. The Hall–Kier alpha value is -1.23. The minimum absolute atomic E-state index is 0.347. The van der Waals surface area contributed by atoms with Crippen LogP contribution < -0.4 is 4.90 Å². The first-order valence-corrected chi connectivity index (χ1v) is 5.40. The fourth-order valence-electron chi connectivity index (χ4n) is 1.60. The Morgan fingerprint density at radius 2 is 1.94 bits per heavy atom. The van der Waals surface area contributed by atoms with Gasteiger partial charge in [-0.25, -0.2) is 13.8 Å². The molecule has 0 saturated carbocycles. The summed E-state index contributed by atoms with van der Waals surface area (Å²) in [7, 11) is 3.55. The van der Waals surface area contributed by atoms with Crippen LogP contribution in [0.1, 0.15) is 0 Å². The molecule has 0 aliphatic heterocycles. The molecule has 2 rings (SSSR count). The normalized spacial score (nSPS) is 10.8. The van der Waals surface area contributed by atoms with Gasteiger partial charge in [0.15, 0.2) is 0 Å². The molecule has 16 heavy (non-hydrogen) atoms. The molecule has 1 aromatic heterocycles. The third-order valence-electron chi connectivity index (χ3n) is 2.26. The van der Waals surface area contributed by atoms with Crippen molar-refractivity contribution in [2.75, 3.05) is 19.0 Å². The second-order valence-corrected chi connectivity index (χ2v) is 4.49. The van der Waals surface area contributed by atoms with Crippen molar-refractivity contribution in [3.63, 3.8) is 0 Å². The van der Waals surface area contributed by atoms with E-state index in [0.29, 0.717) is 21.1 Å². The molecule has 5 heteroatoms. The maximum Gasteiger partial charge on any atom is 0.136 e. The first kappa shape index (κ1) is 11.3. The number of aromatic nitrogens is 1. The quantitative estimate of drug-likeness (QED) is 0.799. The maximum absolute atomic E-state index is 13.6. The molecule has 0 saturated heterocycles. The van der Waals surface area contributed by atoms with Crippen LogP contribution in [-0.2, 0) is 0 Å². The van der Waals surface area contributed by atoms with Crippen molar-refractivity contribution < 1.29 is 8.78 Å². The van der Waals surface area contributed by atoms with E-state index in [9.17, 15) is 8.78 Å². The molecule has 0 fully saturated rings. The first-order chi connectivity index (χ1) is 7.50. The molecule has 1 heterocycles. The van der Waals surface area contributed by atoms with Crippen LogP contribution in [0.25, 0.3) is 10.8 Å². The Labute approximate surface area is 100 Å². The minimum Gasteiger partial charge on any atom is -0.362 e. The van der Waals surface area contributed by atoms with Gasteiger partial charge in [-0.15, -0.1) is 0 Å². The minimum atomic E-state index is -0.604. The highest BCUT2D eigenvalue weighted by molar-refractivity contribution is 9.10. The Balaban J connectivity index is 2.92. The third-order valence-corrected chi connectivity index (χ3v) is 2.86. The number of anilines is 1. The third kappa shape index (κ3) is 1.75. The highest BCUT2D eigenvalue weighted by atomic mass is 79.9. The summed E-state index contributed by atoms with van der Waals surface area (Å²) in [5.74, 6) is -0.656. The summed E-state index contributed by atoms with van der Waals surface area (Å²) in [4.78, 5) is 5.85. The Morgan fingerprint density at radius 3 is 2.56 bits per heavy atom. The van der Waals surface area contributed by atoms with E-state index in [2.05, 4.69) is 20.9 Å². The van der Waals surface area contributed by atoms with Crippen LogP contribution in [0.3, 0.4) is 0 Å². The standard InChI is InChI=1S/C11H9BrF2N2/c1-16(2)11-7-3-6(13)4-9(14)10(7)8(12)5-15-11/h3-5H,1-2H3. The number of benzene rings is 1. The highest BCUT2D eigenvalue weighted by Gasteiger charge is 2.13. The zero-order chi connectivity index (χ0) is 11.9. The van der Waals surface area contributed by atoms with E-state index in [1.807, 2.05) is 0 Å². The molecule has 0 amide bonds. The fraction of sp³-hybridized carbons (Fsp3) is 0.182. The summed E-state index contributed by atoms with van der Waals surface area (Å²) < 4.78 is 27.3. The molecular weight excluding hydrogens is 278 g/mol.